The van der Waals surface area contributed by atoms with Crippen LogP contribution in [0.4, 0.5) is 5.69 Å². The van der Waals surface area contributed by atoms with Crippen molar-refractivity contribution in [3.63, 3.8) is 0 Å². The molecule has 0 N–H and O–H groups in total. The molecule has 0 bridgehead atoms. The zero-order chi connectivity index (χ0) is 13.1. The van der Waals surface area contributed by atoms with Gasteiger partial charge in [0, 0.05) is 26.0 Å². The van der Waals surface area contributed by atoms with Crippen molar-refractivity contribution in [3.05, 3.63) is 29.8 Å². The van der Waals surface area contributed by atoms with E-state index < -0.39 is 11.0 Å². The Balaban J connectivity index is 2.76. The first kappa shape index (κ1) is 13.9. The highest BCUT2D eigenvalue weighted by atomic mass is 32.2. The average molecular weight is 252 g/mol. The predicted octanol–water partition coefficient (Wildman–Crippen LogP) is 2.63. The molecule has 0 fully saturated rings. The van der Waals surface area contributed by atoms with E-state index in [1.807, 2.05) is 64.0 Å². The van der Waals surface area contributed by atoms with Crippen molar-refractivity contribution in [1.82, 2.24) is 0 Å². The molecule has 0 saturated carbocycles. The van der Waals surface area contributed by atoms with Crippen LogP contribution < -0.4 is 4.90 Å². The van der Waals surface area contributed by atoms with Gasteiger partial charge in [-0.2, -0.15) is 4.40 Å². The summed E-state index contributed by atoms with van der Waals surface area (Å²) in [7, 11) is 2.80. The van der Waals surface area contributed by atoms with Crippen molar-refractivity contribution in [2.75, 3.05) is 19.0 Å². The maximum atomic E-state index is 11.7. The van der Waals surface area contributed by atoms with Gasteiger partial charge in [0.05, 0.1) is 4.75 Å². The molecule has 0 heterocycles. The third-order valence-electron chi connectivity index (χ3n) is 2.23. The molecule has 1 rings (SSSR count). The summed E-state index contributed by atoms with van der Waals surface area (Å²) in [5.74, 6) is 0. The number of benzene rings is 1. The Morgan fingerprint density at radius 1 is 1.18 bits per heavy atom. The fourth-order valence-electron chi connectivity index (χ4n) is 1.13. The number of nitrogens with zero attached hydrogens (tertiary/aromatic N) is 2. The molecular formula is C13H20N2OS. The maximum absolute atomic E-state index is 11.7. The lowest BCUT2D eigenvalue weighted by molar-refractivity contribution is 0.651. The van der Waals surface area contributed by atoms with E-state index in [0.29, 0.717) is 0 Å². The smallest absolute Gasteiger partial charge is 0.144 e. The molecule has 0 aliphatic carbocycles. The normalized spacial score (nSPS) is 13.9. The zero-order valence-corrected chi connectivity index (χ0v) is 11.9. The standard InChI is InChI=1S/C13H20N2OS/c1-13(2,3)17(16)14-10-11-6-8-12(9-7-11)15(4)5/h6-10H,1-5H3/b14-10-/t17-/m0/s1. The first-order chi connectivity index (χ1) is 7.80. The highest BCUT2D eigenvalue weighted by molar-refractivity contribution is 7.85. The van der Waals surface area contributed by atoms with Crippen LogP contribution in [0.2, 0.25) is 0 Å². The van der Waals surface area contributed by atoms with Gasteiger partial charge in [-0.1, -0.05) is 12.1 Å². The van der Waals surface area contributed by atoms with Crippen molar-refractivity contribution in [1.29, 1.82) is 0 Å². The molecule has 1 aromatic carbocycles. The summed E-state index contributed by atoms with van der Waals surface area (Å²) in [5.41, 5.74) is 2.10. The second-order valence-electron chi connectivity index (χ2n) is 5.08. The summed E-state index contributed by atoms with van der Waals surface area (Å²) in [6, 6.07) is 7.97. The van der Waals surface area contributed by atoms with Gasteiger partial charge < -0.3 is 4.90 Å². The van der Waals surface area contributed by atoms with Crippen LogP contribution in [0.1, 0.15) is 26.3 Å². The van der Waals surface area contributed by atoms with Crippen LogP contribution >= 0.6 is 0 Å². The molecule has 0 aliphatic rings. The van der Waals surface area contributed by atoms with Crippen molar-refractivity contribution < 1.29 is 4.21 Å². The highest BCUT2D eigenvalue weighted by Gasteiger charge is 2.17. The second-order valence-corrected chi connectivity index (χ2v) is 7.02. The molecule has 0 amide bonds. The third-order valence-corrected chi connectivity index (χ3v) is 3.58. The SMILES string of the molecule is CN(C)c1ccc(/C=N\[S@@](=O)C(C)(C)C)cc1. The van der Waals surface area contributed by atoms with Gasteiger partial charge in [-0.05, 0) is 38.5 Å². The monoisotopic (exact) mass is 252 g/mol. The van der Waals surface area contributed by atoms with E-state index >= 15 is 0 Å². The Labute approximate surface area is 106 Å². The van der Waals surface area contributed by atoms with Gasteiger partial charge in [0.2, 0.25) is 0 Å². The molecular weight excluding hydrogens is 232 g/mol. The molecule has 1 aromatic rings. The molecule has 0 spiro atoms. The Hall–Kier alpha value is -1.16. The van der Waals surface area contributed by atoms with Crippen LogP contribution in [0.3, 0.4) is 0 Å². The van der Waals surface area contributed by atoms with Gasteiger partial charge in [0.15, 0.2) is 0 Å². The quantitative estimate of drug-likeness (QED) is 0.775. The van der Waals surface area contributed by atoms with E-state index in [2.05, 4.69) is 4.40 Å². The molecule has 4 heteroatoms. The molecule has 0 aromatic heterocycles. The van der Waals surface area contributed by atoms with Crippen LogP contribution in [-0.4, -0.2) is 29.3 Å². The highest BCUT2D eigenvalue weighted by Crippen LogP contribution is 2.14. The molecule has 0 aliphatic heterocycles. The minimum Gasteiger partial charge on any atom is -0.378 e. The molecule has 3 nitrogen and oxygen atoms in total. The third kappa shape index (κ3) is 4.30. The topological polar surface area (TPSA) is 32.7 Å². The Morgan fingerprint density at radius 2 is 1.71 bits per heavy atom. The summed E-state index contributed by atoms with van der Waals surface area (Å²) < 4.78 is 15.5. The minimum atomic E-state index is -1.19. The first-order valence-corrected chi connectivity index (χ1v) is 6.65. The van der Waals surface area contributed by atoms with Gasteiger partial charge in [-0.15, -0.1) is 0 Å². The van der Waals surface area contributed by atoms with Crippen molar-refractivity contribution in [2.24, 2.45) is 4.40 Å². The van der Waals surface area contributed by atoms with Crippen LogP contribution in [0, 0.1) is 0 Å². The summed E-state index contributed by atoms with van der Waals surface area (Å²) in [5, 5.41) is 0. The van der Waals surface area contributed by atoms with Gasteiger partial charge >= 0.3 is 0 Å². The Bertz CT molecular complexity index is 416. The van der Waals surface area contributed by atoms with Crippen LogP contribution in [0.5, 0.6) is 0 Å². The molecule has 0 unspecified atom stereocenters. The van der Waals surface area contributed by atoms with E-state index in [4.69, 9.17) is 0 Å². The lowest BCUT2D eigenvalue weighted by atomic mass is 10.2. The summed E-state index contributed by atoms with van der Waals surface area (Å²) in [6.45, 7) is 5.74. The number of rotatable bonds is 3. The molecule has 0 saturated heterocycles. The van der Waals surface area contributed by atoms with E-state index in [1.54, 1.807) is 6.21 Å². The van der Waals surface area contributed by atoms with Crippen molar-refractivity contribution in [2.45, 2.75) is 25.5 Å². The number of hydrogen-bond acceptors (Lipinski definition) is 2. The van der Waals surface area contributed by atoms with Crippen LogP contribution in [0.25, 0.3) is 0 Å². The van der Waals surface area contributed by atoms with E-state index in [0.717, 1.165) is 11.3 Å². The van der Waals surface area contributed by atoms with Gasteiger partial charge in [-0.25, -0.2) is 4.21 Å². The van der Waals surface area contributed by atoms with Crippen LogP contribution in [0.15, 0.2) is 28.7 Å². The van der Waals surface area contributed by atoms with E-state index in [1.165, 1.54) is 0 Å². The maximum Gasteiger partial charge on any atom is 0.144 e. The van der Waals surface area contributed by atoms with Crippen molar-refractivity contribution in [3.8, 4) is 0 Å². The van der Waals surface area contributed by atoms with Crippen LogP contribution in [-0.2, 0) is 11.0 Å². The van der Waals surface area contributed by atoms with Gasteiger partial charge in [0.25, 0.3) is 0 Å². The zero-order valence-electron chi connectivity index (χ0n) is 11.1. The van der Waals surface area contributed by atoms with Gasteiger partial charge in [0.1, 0.15) is 11.0 Å². The Kier molecular flexibility index (Phi) is 4.46. The number of hydrogen-bond donors (Lipinski definition) is 0. The van der Waals surface area contributed by atoms with E-state index in [9.17, 15) is 4.21 Å². The minimum absolute atomic E-state index is 0.305. The molecule has 94 valence electrons. The van der Waals surface area contributed by atoms with Crippen molar-refractivity contribution >= 4 is 22.9 Å². The molecule has 17 heavy (non-hydrogen) atoms. The first-order valence-electron chi connectivity index (χ1n) is 5.54. The lowest BCUT2D eigenvalue weighted by Crippen LogP contribution is -2.19. The Morgan fingerprint density at radius 3 is 2.12 bits per heavy atom. The fourth-order valence-corrected chi connectivity index (χ4v) is 1.66. The largest absolute Gasteiger partial charge is 0.378 e. The average Bonchev–Trinajstić information content (AvgIpc) is 2.25. The predicted molar refractivity (Wildman–Crippen MR) is 76.3 cm³/mol. The molecule has 1 atom stereocenters. The molecule has 0 radical (unpaired) electrons. The van der Waals surface area contributed by atoms with E-state index in [-0.39, 0.29) is 4.75 Å². The summed E-state index contributed by atoms with van der Waals surface area (Å²) in [4.78, 5) is 2.04. The lowest BCUT2D eigenvalue weighted by Gasteiger charge is -2.13. The van der Waals surface area contributed by atoms with Gasteiger partial charge in [-0.3, -0.25) is 0 Å². The summed E-state index contributed by atoms with van der Waals surface area (Å²) in [6.07, 6.45) is 1.67. The second kappa shape index (κ2) is 5.45. The fraction of sp³-hybridized carbons (Fsp3) is 0.462. The summed E-state index contributed by atoms with van der Waals surface area (Å²) >= 11 is 0. The number of anilines is 1.